The van der Waals surface area contributed by atoms with Gasteiger partial charge in [0.2, 0.25) is 4.93 Å². The van der Waals surface area contributed by atoms with Gasteiger partial charge in [0.25, 0.3) is 10.1 Å². The Morgan fingerprint density at radius 1 is 1.67 bits per heavy atom. The molecule has 0 aromatic carbocycles. The monoisotopic (exact) mass is 296 g/mol. The van der Waals surface area contributed by atoms with E-state index >= 15 is 0 Å². The number of hydrogen-bond donors (Lipinski definition) is 1. The summed E-state index contributed by atoms with van der Waals surface area (Å²) in [4.78, 5) is 2.21. The molecule has 104 valence electrons. The molecule has 0 spiro atoms. The van der Waals surface area contributed by atoms with Crippen molar-refractivity contribution in [2.24, 2.45) is 0 Å². The summed E-state index contributed by atoms with van der Waals surface area (Å²) in [6, 6.07) is 0. The van der Waals surface area contributed by atoms with Crippen LogP contribution >= 0.6 is 12.4 Å². The molecule has 0 saturated heterocycles. The van der Waals surface area contributed by atoms with E-state index in [0.29, 0.717) is 12.4 Å². The molecular formula is C10H17ClN2O4S. The van der Waals surface area contributed by atoms with Gasteiger partial charge in [-0.3, -0.25) is 4.55 Å². The van der Waals surface area contributed by atoms with Crippen molar-refractivity contribution < 1.29 is 17.7 Å². The first-order valence-electron chi connectivity index (χ1n) is 5.08. The molecule has 0 bridgehead atoms. The number of hydrogen-bond acceptors (Lipinski definition) is 4. The highest BCUT2D eigenvalue weighted by Gasteiger charge is 2.36. The highest BCUT2D eigenvalue weighted by atomic mass is 35.5. The number of halogens is 1. The lowest BCUT2D eigenvalue weighted by Gasteiger charge is -2.22. The molecule has 1 atom stereocenters. The Morgan fingerprint density at radius 3 is 2.72 bits per heavy atom. The molecule has 8 heteroatoms. The SMILES string of the molecule is C=CC(C)(OCc1nccn1CC)S(=O)(=O)O.Cl. The second-order valence-electron chi connectivity index (χ2n) is 3.61. The molecule has 0 aliphatic carbocycles. The molecule has 1 N–H and O–H groups in total. The van der Waals surface area contributed by atoms with Gasteiger partial charge in [0, 0.05) is 18.9 Å². The van der Waals surface area contributed by atoms with Crippen LogP contribution in [0.1, 0.15) is 19.7 Å². The minimum absolute atomic E-state index is 0. The standard InChI is InChI=1S/C10H16N2O4S.ClH/c1-4-10(3,17(13,14)15)16-8-9-11-6-7-12(9)5-2;/h4,6-7H,1,5,8H2,2-3H3,(H,13,14,15);1H. The molecule has 1 heterocycles. The van der Waals surface area contributed by atoms with Gasteiger partial charge in [0.1, 0.15) is 12.4 Å². The molecule has 1 aromatic heterocycles. The van der Waals surface area contributed by atoms with Gasteiger partial charge in [-0.1, -0.05) is 6.58 Å². The topological polar surface area (TPSA) is 81.4 Å². The predicted molar refractivity (Wildman–Crippen MR) is 70.1 cm³/mol. The number of rotatable bonds is 6. The van der Waals surface area contributed by atoms with E-state index in [1.165, 1.54) is 6.92 Å². The van der Waals surface area contributed by atoms with Crippen molar-refractivity contribution in [1.82, 2.24) is 9.55 Å². The van der Waals surface area contributed by atoms with Crippen LogP contribution in [-0.2, 0) is 28.0 Å². The summed E-state index contributed by atoms with van der Waals surface area (Å²) < 4.78 is 38.3. The minimum atomic E-state index is -4.36. The summed E-state index contributed by atoms with van der Waals surface area (Å²) >= 11 is 0. The predicted octanol–water partition coefficient (Wildman–Crippen LogP) is 1.63. The third-order valence-electron chi connectivity index (χ3n) is 2.51. The normalized spacial score (nSPS) is 14.6. The lowest BCUT2D eigenvalue weighted by atomic mass is 10.4. The number of aromatic nitrogens is 2. The van der Waals surface area contributed by atoms with E-state index in [-0.39, 0.29) is 19.0 Å². The van der Waals surface area contributed by atoms with E-state index in [2.05, 4.69) is 11.6 Å². The van der Waals surface area contributed by atoms with E-state index in [4.69, 9.17) is 9.29 Å². The number of ether oxygens (including phenoxy) is 1. The first-order chi connectivity index (χ1) is 7.84. The fourth-order valence-electron chi connectivity index (χ4n) is 1.21. The zero-order valence-electron chi connectivity index (χ0n) is 10.2. The van der Waals surface area contributed by atoms with Crippen LogP contribution in [-0.4, -0.2) is 27.5 Å². The summed E-state index contributed by atoms with van der Waals surface area (Å²) in [5, 5.41) is 0. The minimum Gasteiger partial charge on any atom is -0.346 e. The van der Waals surface area contributed by atoms with Crippen molar-refractivity contribution in [2.45, 2.75) is 31.9 Å². The molecular weight excluding hydrogens is 280 g/mol. The lowest BCUT2D eigenvalue weighted by molar-refractivity contribution is 0.0402. The zero-order valence-corrected chi connectivity index (χ0v) is 11.9. The first kappa shape index (κ1) is 17.1. The van der Waals surface area contributed by atoms with E-state index < -0.39 is 15.1 Å². The maximum Gasteiger partial charge on any atom is 0.298 e. The molecule has 0 radical (unpaired) electrons. The van der Waals surface area contributed by atoms with Crippen LogP contribution in [0.3, 0.4) is 0 Å². The van der Waals surface area contributed by atoms with Crippen LogP contribution in [0, 0.1) is 0 Å². The first-order valence-corrected chi connectivity index (χ1v) is 6.52. The zero-order chi connectivity index (χ0) is 13.1. The summed E-state index contributed by atoms with van der Waals surface area (Å²) in [6.45, 7) is 7.19. The Labute approximate surface area is 113 Å². The van der Waals surface area contributed by atoms with Crippen molar-refractivity contribution in [3.05, 3.63) is 30.9 Å². The van der Waals surface area contributed by atoms with Gasteiger partial charge < -0.3 is 9.30 Å². The third-order valence-corrected chi connectivity index (χ3v) is 3.82. The van der Waals surface area contributed by atoms with Crippen LogP contribution in [0.25, 0.3) is 0 Å². The van der Waals surface area contributed by atoms with E-state index in [1.54, 1.807) is 12.4 Å². The molecule has 6 nitrogen and oxygen atoms in total. The van der Waals surface area contributed by atoms with E-state index in [9.17, 15) is 8.42 Å². The van der Waals surface area contributed by atoms with Crippen LogP contribution in [0.4, 0.5) is 0 Å². The summed E-state index contributed by atoms with van der Waals surface area (Å²) in [5.74, 6) is 0.587. The molecule has 0 amide bonds. The van der Waals surface area contributed by atoms with Gasteiger partial charge in [-0.25, -0.2) is 4.98 Å². The molecule has 0 aliphatic rings. The summed E-state index contributed by atoms with van der Waals surface area (Å²) in [7, 11) is -4.36. The Morgan fingerprint density at radius 2 is 2.28 bits per heavy atom. The van der Waals surface area contributed by atoms with Gasteiger partial charge in [0.05, 0.1) is 0 Å². The van der Waals surface area contributed by atoms with Crippen molar-refractivity contribution in [2.75, 3.05) is 0 Å². The Hall–Kier alpha value is -0.890. The van der Waals surface area contributed by atoms with Crippen molar-refractivity contribution in [1.29, 1.82) is 0 Å². The van der Waals surface area contributed by atoms with Gasteiger partial charge in [-0.2, -0.15) is 8.42 Å². The van der Waals surface area contributed by atoms with Crippen LogP contribution in [0.15, 0.2) is 25.0 Å². The van der Waals surface area contributed by atoms with Gasteiger partial charge in [-0.05, 0) is 19.9 Å². The fraction of sp³-hybridized carbons (Fsp3) is 0.500. The largest absolute Gasteiger partial charge is 0.346 e. The van der Waals surface area contributed by atoms with Gasteiger partial charge in [-0.15, -0.1) is 12.4 Å². The van der Waals surface area contributed by atoms with Crippen molar-refractivity contribution in [3.63, 3.8) is 0 Å². The van der Waals surface area contributed by atoms with Gasteiger partial charge >= 0.3 is 0 Å². The van der Waals surface area contributed by atoms with Crippen LogP contribution in [0.2, 0.25) is 0 Å². The van der Waals surface area contributed by atoms with Crippen LogP contribution < -0.4 is 0 Å². The van der Waals surface area contributed by atoms with Gasteiger partial charge in [0.15, 0.2) is 0 Å². The molecule has 0 saturated carbocycles. The Balaban J connectivity index is 0.00000289. The quantitative estimate of drug-likeness (QED) is 0.637. The lowest BCUT2D eigenvalue weighted by Crippen LogP contribution is -2.35. The number of nitrogens with zero attached hydrogens (tertiary/aromatic N) is 2. The highest BCUT2D eigenvalue weighted by Crippen LogP contribution is 2.20. The second-order valence-corrected chi connectivity index (χ2v) is 5.37. The number of imidazole rings is 1. The maximum absolute atomic E-state index is 11.1. The molecule has 1 aromatic rings. The highest BCUT2D eigenvalue weighted by molar-refractivity contribution is 7.87. The molecule has 0 aliphatic heterocycles. The molecule has 18 heavy (non-hydrogen) atoms. The molecule has 1 rings (SSSR count). The smallest absolute Gasteiger partial charge is 0.298 e. The van der Waals surface area contributed by atoms with Crippen LogP contribution in [0.5, 0.6) is 0 Å². The average Bonchev–Trinajstić information content (AvgIpc) is 2.71. The summed E-state index contributed by atoms with van der Waals surface area (Å²) in [5.41, 5.74) is 0. The molecule has 0 fully saturated rings. The van der Waals surface area contributed by atoms with Crippen molar-refractivity contribution >= 4 is 22.5 Å². The van der Waals surface area contributed by atoms with E-state index in [1.807, 2.05) is 11.5 Å². The summed E-state index contributed by atoms with van der Waals surface area (Å²) in [6.07, 6.45) is 4.40. The average molecular weight is 297 g/mol. The Kier molecular flexibility index (Phi) is 6.01. The van der Waals surface area contributed by atoms with Crippen molar-refractivity contribution in [3.8, 4) is 0 Å². The maximum atomic E-state index is 11.1. The molecule has 1 unspecified atom stereocenters. The third kappa shape index (κ3) is 3.55. The fourth-order valence-corrected chi connectivity index (χ4v) is 1.63. The Bertz CT molecular complexity index is 500. The second kappa shape index (κ2) is 6.33. The number of aryl methyl sites for hydroxylation is 1. The van der Waals surface area contributed by atoms with E-state index in [0.717, 1.165) is 6.08 Å².